The molecule has 0 aliphatic heterocycles. The number of benzene rings is 2. The molecule has 1 atom stereocenters. The number of methoxy groups -OCH3 is 2. The molecule has 2 aromatic carbocycles. The highest BCUT2D eigenvalue weighted by Crippen LogP contribution is 2.44. The molecular formula is C21H21NO5. The standard InChI is InChI=1S/C21H21NO5/c1-26-19(24)21(20(25)27-2)12-14-8-6-7-11-16(14)17(13-21)18(23)22-15-9-4-3-5-10-15/h3-11,17H,12-13H2,1-2H3,(H,22,23). The molecule has 1 amide bonds. The molecule has 6 nitrogen and oxygen atoms in total. The predicted octanol–water partition coefficient (Wildman–Crippen LogP) is 2.69. The van der Waals surface area contributed by atoms with Crippen molar-refractivity contribution in [1.82, 2.24) is 0 Å². The lowest BCUT2D eigenvalue weighted by Crippen LogP contribution is -2.48. The van der Waals surface area contributed by atoms with E-state index in [9.17, 15) is 14.4 Å². The number of hydrogen-bond acceptors (Lipinski definition) is 5. The van der Waals surface area contributed by atoms with Gasteiger partial charge in [0, 0.05) is 5.69 Å². The molecule has 0 fully saturated rings. The maximum Gasteiger partial charge on any atom is 0.323 e. The smallest absolute Gasteiger partial charge is 0.323 e. The van der Waals surface area contributed by atoms with E-state index >= 15 is 0 Å². The zero-order valence-corrected chi connectivity index (χ0v) is 15.2. The van der Waals surface area contributed by atoms with E-state index in [-0.39, 0.29) is 18.7 Å². The summed E-state index contributed by atoms with van der Waals surface area (Å²) >= 11 is 0. The van der Waals surface area contributed by atoms with Gasteiger partial charge < -0.3 is 14.8 Å². The van der Waals surface area contributed by atoms with Crippen LogP contribution >= 0.6 is 0 Å². The van der Waals surface area contributed by atoms with Crippen LogP contribution in [0.5, 0.6) is 0 Å². The lowest BCUT2D eigenvalue weighted by Gasteiger charge is -2.37. The number of nitrogens with one attached hydrogen (secondary N) is 1. The van der Waals surface area contributed by atoms with Crippen LogP contribution in [-0.2, 0) is 30.3 Å². The predicted molar refractivity (Wildman–Crippen MR) is 99.0 cm³/mol. The SMILES string of the molecule is COC(=O)C1(C(=O)OC)Cc2ccccc2C(C(=O)Nc2ccccc2)C1. The fourth-order valence-corrected chi connectivity index (χ4v) is 3.66. The molecule has 2 aromatic rings. The van der Waals surface area contributed by atoms with Crippen LogP contribution in [0.1, 0.15) is 23.5 Å². The van der Waals surface area contributed by atoms with Crippen molar-refractivity contribution in [3.8, 4) is 0 Å². The third-order valence-electron chi connectivity index (χ3n) is 4.99. The molecule has 0 radical (unpaired) electrons. The molecule has 1 unspecified atom stereocenters. The Hall–Kier alpha value is -3.15. The van der Waals surface area contributed by atoms with E-state index < -0.39 is 23.3 Å². The van der Waals surface area contributed by atoms with Crippen LogP contribution in [0.15, 0.2) is 54.6 Å². The van der Waals surface area contributed by atoms with Crippen molar-refractivity contribution in [1.29, 1.82) is 0 Å². The van der Waals surface area contributed by atoms with Gasteiger partial charge in [0.05, 0.1) is 20.1 Å². The van der Waals surface area contributed by atoms with E-state index in [0.29, 0.717) is 5.69 Å². The third-order valence-corrected chi connectivity index (χ3v) is 4.99. The van der Waals surface area contributed by atoms with Gasteiger partial charge in [0.2, 0.25) is 5.91 Å². The molecule has 0 saturated heterocycles. The topological polar surface area (TPSA) is 81.7 Å². The number of anilines is 1. The summed E-state index contributed by atoms with van der Waals surface area (Å²) in [6.07, 6.45) is 0.125. The Kier molecular flexibility index (Phi) is 5.26. The van der Waals surface area contributed by atoms with Crippen LogP contribution in [0.25, 0.3) is 0 Å². The molecule has 1 N–H and O–H groups in total. The van der Waals surface area contributed by atoms with E-state index in [2.05, 4.69) is 5.32 Å². The van der Waals surface area contributed by atoms with Crippen molar-refractivity contribution >= 4 is 23.5 Å². The highest BCUT2D eigenvalue weighted by Gasteiger charge is 2.54. The van der Waals surface area contributed by atoms with Gasteiger partial charge in [0.25, 0.3) is 0 Å². The molecule has 0 heterocycles. The van der Waals surface area contributed by atoms with Crippen molar-refractivity contribution in [2.45, 2.75) is 18.8 Å². The van der Waals surface area contributed by atoms with Gasteiger partial charge in [-0.15, -0.1) is 0 Å². The first-order chi connectivity index (χ1) is 13.0. The molecule has 140 valence electrons. The molecule has 1 aliphatic carbocycles. The molecule has 0 aromatic heterocycles. The number of rotatable bonds is 4. The second-order valence-electron chi connectivity index (χ2n) is 6.55. The lowest BCUT2D eigenvalue weighted by atomic mass is 9.66. The van der Waals surface area contributed by atoms with E-state index in [4.69, 9.17) is 9.47 Å². The molecule has 6 heteroatoms. The molecule has 27 heavy (non-hydrogen) atoms. The number of esters is 2. The summed E-state index contributed by atoms with van der Waals surface area (Å²) in [5.74, 6) is -2.36. The monoisotopic (exact) mass is 367 g/mol. The van der Waals surface area contributed by atoms with Gasteiger partial charge in [0.15, 0.2) is 5.41 Å². The van der Waals surface area contributed by atoms with Crippen LogP contribution in [-0.4, -0.2) is 32.1 Å². The highest BCUT2D eigenvalue weighted by molar-refractivity contribution is 6.03. The van der Waals surface area contributed by atoms with Crippen LogP contribution in [0.3, 0.4) is 0 Å². The first kappa shape index (κ1) is 18.6. The minimum absolute atomic E-state index is 0.0119. The van der Waals surface area contributed by atoms with Crippen molar-refractivity contribution in [3.63, 3.8) is 0 Å². The fraction of sp³-hybridized carbons (Fsp3) is 0.286. The van der Waals surface area contributed by atoms with Gasteiger partial charge in [-0.1, -0.05) is 42.5 Å². The summed E-state index contributed by atoms with van der Waals surface area (Å²) in [7, 11) is 2.46. The van der Waals surface area contributed by atoms with E-state index in [1.54, 1.807) is 12.1 Å². The third kappa shape index (κ3) is 3.43. The van der Waals surface area contributed by atoms with Gasteiger partial charge in [0.1, 0.15) is 0 Å². The largest absolute Gasteiger partial charge is 0.468 e. The molecule has 0 spiro atoms. The van der Waals surface area contributed by atoms with Crippen LogP contribution in [0.2, 0.25) is 0 Å². The Bertz CT molecular complexity index is 846. The maximum atomic E-state index is 13.0. The van der Waals surface area contributed by atoms with E-state index in [1.807, 2.05) is 42.5 Å². The number of ether oxygens (including phenoxy) is 2. The second kappa shape index (κ2) is 7.61. The van der Waals surface area contributed by atoms with Crippen LogP contribution in [0, 0.1) is 5.41 Å². The van der Waals surface area contributed by atoms with Crippen molar-refractivity contribution in [2.24, 2.45) is 5.41 Å². The Morgan fingerprint density at radius 2 is 1.52 bits per heavy atom. The zero-order valence-electron chi connectivity index (χ0n) is 15.2. The second-order valence-corrected chi connectivity index (χ2v) is 6.55. The average Bonchev–Trinajstić information content (AvgIpc) is 2.72. The van der Waals surface area contributed by atoms with E-state index in [0.717, 1.165) is 11.1 Å². The first-order valence-corrected chi connectivity index (χ1v) is 8.62. The lowest BCUT2D eigenvalue weighted by molar-refractivity contribution is -0.170. The van der Waals surface area contributed by atoms with Gasteiger partial charge in [-0.2, -0.15) is 0 Å². The molecule has 0 bridgehead atoms. The summed E-state index contributed by atoms with van der Waals surface area (Å²) in [5, 5.41) is 2.86. The first-order valence-electron chi connectivity index (χ1n) is 8.62. The Balaban J connectivity index is 2.02. The molecule has 0 saturated carbocycles. The summed E-state index contributed by atoms with van der Waals surface area (Å²) in [5.41, 5.74) is 0.658. The van der Waals surface area contributed by atoms with Crippen LogP contribution in [0.4, 0.5) is 5.69 Å². The van der Waals surface area contributed by atoms with Crippen molar-refractivity contribution in [2.75, 3.05) is 19.5 Å². The van der Waals surface area contributed by atoms with E-state index in [1.165, 1.54) is 14.2 Å². The Morgan fingerprint density at radius 1 is 0.926 bits per heavy atom. The van der Waals surface area contributed by atoms with Gasteiger partial charge >= 0.3 is 11.9 Å². The summed E-state index contributed by atoms with van der Waals surface area (Å²) < 4.78 is 9.81. The van der Waals surface area contributed by atoms with Crippen molar-refractivity contribution in [3.05, 3.63) is 65.7 Å². The highest BCUT2D eigenvalue weighted by atomic mass is 16.5. The number of fused-ring (bicyclic) bond motifs is 1. The number of carbonyl (C=O) groups is 3. The normalized spacial score (nSPS) is 17.3. The number of amides is 1. The fourth-order valence-electron chi connectivity index (χ4n) is 3.66. The molecular weight excluding hydrogens is 346 g/mol. The maximum absolute atomic E-state index is 13.0. The summed E-state index contributed by atoms with van der Waals surface area (Å²) in [6.45, 7) is 0. The summed E-state index contributed by atoms with van der Waals surface area (Å²) in [6, 6.07) is 16.4. The van der Waals surface area contributed by atoms with Gasteiger partial charge in [-0.3, -0.25) is 14.4 Å². The van der Waals surface area contributed by atoms with Gasteiger partial charge in [-0.05, 0) is 36.1 Å². The minimum atomic E-state index is -1.55. The number of carbonyl (C=O) groups excluding carboxylic acids is 3. The van der Waals surface area contributed by atoms with Gasteiger partial charge in [-0.25, -0.2) is 0 Å². The summed E-state index contributed by atoms with van der Waals surface area (Å²) in [4.78, 5) is 38.2. The quantitative estimate of drug-likeness (QED) is 0.664. The minimum Gasteiger partial charge on any atom is -0.468 e. The zero-order chi connectivity index (χ0) is 19.4. The Morgan fingerprint density at radius 3 is 2.15 bits per heavy atom. The van der Waals surface area contributed by atoms with Crippen molar-refractivity contribution < 1.29 is 23.9 Å². The molecule has 1 aliphatic rings. The number of hydrogen-bond donors (Lipinski definition) is 1. The number of para-hydroxylation sites is 1. The average molecular weight is 367 g/mol. The Labute approximate surface area is 157 Å². The molecule has 3 rings (SSSR count). The van der Waals surface area contributed by atoms with Crippen LogP contribution < -0.4 is 5.32 Å².